The highest BCUT2D eigenvalue weighted by atomic mass is 16.2. The lowest BCUT2D eigenvalue weighted by atomic mass is 10.1. The van der Waals surface area contributed by atoms with Crippen LogP contribution in [0.25, 0.3) is 10.9 Å². The minimum atomic E-state index is -0.197. The second-order valence-electron chi connectivity index (χ2n) is 6.43. The molecule has 4 aromatic rings. The molecule has 0 aliphatic rings. The number of para-hydroxylation sites is 1. The molecule has 2 aromatic carbocycles. The zero-order valence-electron chi connectivity index (χ0n) is 15.0. The molecule has 136 valence electrons. The largest absolute Gasteiger partial charge is 0.349 e. The first-order chi connectivity index (χ1) is 13.3. The monoisotopic (exact) mass is 359 g/mol. The Kier molecular flexibility index (Phi) is 4.96. The maximum Gasteiger partial charge on any atom is 0.273 e. The van der Waals surface area contributed by atoms with Crippen molar-refractivity contribution in [1.82, 2.24) is 24.9 Å². The standard InChI is InChI=1S/C21H21N5O/c27-21(22-12-15-25-13-11-18-8-4-5-9-20(18)25)19-16-26(24-23-19)14-10-17-6-2-1-3-7-17/h1-9,11,13,16H,10,12,14-15H2,(H,22,27). The number of nitrogens with one attached hydrogen (secondary N) is 1. The summed E-state index contributed by atoms with van der Waals surface area (Å²) in [6.45, 7) is 1.94. The zero-order chi connectivity index (χ0) is 18.5. The van der Waals surface area contributed by atoms with E-state index in [9.17, 15) is 4.79 Å². The Morgan fingerprint density at radius 2 is 1.78 bits per heavy atom. The smallest absolute Gasteiger partial charge is 0.273 e. The predicted molar refractivity (Wildman–Crippen MR) is 104 cm³/mol. The molecule has 4 rings (SSSR count). The number of benzene rings is 2. The molecule has 0 radical (unpaired) electrons. The highest BCUT2D eigenvalue weighted by Crippen LogP contribution is 2.14. The number of amides is 1. The second-order valence-corrected chi connectivity index (χ2v) is 6.43. The molecule has 1 N–H and O–H groups in total. The van der Waals surface area contributed by atoms with E-state index < -0.39 is 0 Å². The molecule has 0 spiro atoms. The van der Waals surface area contributed by atoms with Crippen molar-refractivity contribution in [1.29, 1.82) is 0 Å². The summed E-state index contributed by atoms with van der Waals surface area (Å²) in [5.41, 5.74) is 2.75. The molecule has 1 amide bonds. The van der Waals surface area contributed by atoms with Crippen LogP contribution in [0.15, 0.2) is 73.1 Å². The highest BCUT2D eigenvalue weighted by Gasteiger charge is 2.10. The fraction of sp³-hybridized carbons (Fsp3) is 0.190. The van der Waals surface area contributed by atoms with Crippen LogP contribution < -0.4 is 5.32 Å². The fourth-order valence-electron chi connectivity index (χ4n) is 3.12. The van der Waals surface area contributed by atoms with Crippen molar-refractivity contribution in [3.05, 3.63) is 84.3 Å². The summed E-state index contributed by atoms with van der Waals surface area (Å²) in [4.78, 5) is 12.3. The Morgan fingerprint density at radius 1 is 0.963 bits per heavy atom. The van der Waals surface area contributed by atoms with Gasteiger partial charge in [-0.1, -0.05) is 53.7 Å². The second kappa shape index (κ2) is 7.86. The lowest BCUT2D eigenvalue weighted by Crippen LogP contribution is -2.27. The summed E-state index contributed by atoms with van der Waals surface area (Å²) in [6.07, 6.45) is 4.59. The van der Waals surface area contributed by atoms with Gasteiger partial charge >= 0.3 is 0 Å². The van der Waals surface area contributed by atoms with Crippen molar-refractivity contribution in [2.24, 2.45) is 0 Å². The molecule has 2 heterocycles. The molecule has 0 aliphatic heterocycles. The molecule has 0 bridgehead atoms. The topological polar surface area (TPSA) is 64.7 Å². The molecule has 0 saturated heterocycles. The first-order valence-electron chi connectivity index (χ1n) is 9.06. The average Bonchev–Trinajstić information content (AvgIpc) is 3.35. The Labute approximate surface area is 157 Å². The molecule has 2 aromatic heterocycles. The summed E-state index contributed by atoms with van der Waals surface area (Å²) in [6, 6.07) is 20.5. The molecule has 6 heteroatoms. The van der Waals surface area contributed by atoms with Gasteiger partial charge in [-0.2, -0.15) is 0 Å². The highest BCUT2D eigenvalue weighted by molar-refractivity contribution is 5.91. The van der Waals surface area contributed by atoms with E-state index in [0.29, 0.717) is 25.3 Å². The summed E-state index contributed by atoms with van der Waals surface area (Å²) >= 11 is 0. The third-order valence-corrected chi connectivity index (χ3v) is 4.56. The van der Waals surface area contributed by atoms with E-state index in [1.807, 2.05) is 36.5 Å². The summed E-state index contributed by atoms with van der Waals surface area (Å²) < 4.78 is 3.84. The van der Waals surface area contributed by atoms with E-state index >= 15 is 0 Å². The van der Waals surface area contributed by atoms with Crippen molar-refractivity contribution in [2.75, 3.05) is 6.54 Å². The third-order valence-electron chi connectivity index (χ3n) is 4.56. The number of rotatable bonds is 7. The normalized spacial score (nSPS) is 11.0. The van der Waals surface area contributed by atoms with Gasteiger partial charge in [0.25, 0.3) is 5.91 Å². The molecule has 0 saturated carbocycles. The van der Waals surface area contributed by atoms with Crippen molar-refractivity contribution < 1.29 is 4.79 Å². The van der Waals surface area contributed by atoms with Crippen LogP contribution in [0.1, 0.15) is 16.1 Å². The Balaban J connectivity index is 1.29. The van der Waals surface area contributed by atoms with Crippen LogP contribution in [0.2, 0.25) is 0 Å². The number of carbonyl (C=O) groups excluding carboxylic acids is 1. The van der Waals surface area contributed by atoms with E-state index in [1.165, 1.54) is 16.5 Å². The van der Waals surface area contributed by atoms with E-state index in [1.54, 1.807) is 10.9 Å². The number of aryl methyl sites for hydroxylation is 2. The fourth-order valence-corrected chi connectivity index (χ4v) is 3.12. The minimum Gasteiger partial charge on any atom is -0.349 e. The number of aromatic nitrogens is 4. The first kappa shape index (κ1) is 17.0. The van der Waals surface area contributed by atoms with Crippen LogP contribution in [-0.4, -0.2) is 32.0 Å². The van der Waals surface area contributed by atoms with Gasteiger partial charge in [-0.25, -0.2) is 0 Å². The van der Waals surface area contributed by atoms with Gasteiger partial charge in [-0.3, -0.25) is 9.48 Å². The Hall–Kier alpha value is -3.41. The van der Waals surface area contributed by atoms with Gasteiger partial charge in [-0.05, 0) is 29.5 Å². The molecular weight excluding hydrogens is 338 g/mol. The van der Waals surface area contributed by atoms with Crippen LogP contribution >= 0.6 is 0 Å². The number of hydrogen-bond acceptors (Lipinski definition) is 3. The Bertz CT molecular complexity index is 1030. The first-order valence-corrected chi connectivity index (χ1v) is 9.06. The lowest BCUT2D eigenvalue weighted by molar-refractivity contribution is 0.0947. The van der Waals surface area contributed by atoms with Crippen molar-refractivity contribution in [3.63, 3.8) is 0 Å². The maximum absolute atomic E-state index is 12.3. The number of fused-ring (bicyclic) bond motifs is 1. The molecular formula is C21H21N5O. The van der Waals surface area contributed by atoms with Gasteiger partial charge in [-0.15, -0.1) is 5.10 Å². The number of carbonyl (C=O) groups is 1. The van der Waals surface area contributed by atoms with Crippen molar-refractivity contribution in [2.45, 2.75) is 19.5 Å². The zero-order valence-corrected chi connectivity index (χ0v) is 15.0. The van der Waals surface area contributed by atoms with E-state index in [4.69, 9.17) is 0 Å². The van der Waals surface area contributed by atoms with Gasteiger partial charge in [0.2, 0.25) is 0 Å². The summed E-state index contributed by atoms with van der Waals surface area (Å²) in [5.74, 6) is -0.197. The molecule has 0 atom stereocenters. The minimum absolute atomic E-state index is 0.197. The van der Waals surface area contributed by atoms with Gasteiger partial charge in [0, 0.05) is 31.3 Å². The van der Waals surface area contributed by atoms with Crippen LogP contribution in [-0.2, 0) is 19.5 Å². The molecule has 0 unspecified atom stereocenters. The van der Waals surface area contributed by atoms with E-state index in [0.717, 1.165) is 6.42 Å². The van der Waals surface area contributed by atoms with Crippen molar-refractivity contribution in [3.8, 4) is 0 Å². The van der Waals surface area contributed by atoms with Crippen LogP contribution in [0.5, 0.6) is 0 Å². The van der Waals surface area contributed by atoms with Crippen LogP contribution in [0.3, 0.4) is 0 Å². The SMILES string of the molecule is O=C(NCCn1ccc2ccccc21)c1cn(CCc2ccccc2)nn1. The maximum atomic E-state index is 12.3. The van der Waals surface area contributed by atoms with E-state index in [2.05, 4.69) is 50.5 Å². The quantitative estimate of drug-likeness (QED) is 0.552. The van der Waals surface area contributed by atoms with Gasteiger partial charge in [0.05, 0.1) is 6.20 Å². The summed E-state index contributed by atoms with van der Waals surface area (Å²) in [7, 11) is 0. The molecule has 27 heavy (non-hydrogen) atoms. The molecule has 0 fully saturated rings. The Morgan fingerprint density at radius 3 is 2.67 bits per heavy atom. The van der Waals surface area contributed by atoms with Gasteiger partial charge in [0.1, 0.15) is 0 Å². The van der Waals surface area contributed by atoms with E-state index in [-0.39, 0.29) is 5.91 Å². The van der Waals surface area contributed by atoms with Gasteiger partial charge < -0.3 is 9.88 Å². The third kappa shape index (κ3) is 4.06. The van der Waals surface area contributed by atoms with Crippen molar-refractivity contribution >= 4 is 16.8 Å². The van der Waals surface area contributed by atoms with Gasteiger partial charge in [0.15, 0.2) is 5.69 Å². The predicted octanol–water partition coefficient (Wildman–Crippen LogP) is 2.91. The number of nitrogens with zero attached hydrogens (tertiary/aromatic N) is 4. The average molecular weight is 359 g/mol. The molecule has 6 nitrogen and oxygen atoms in total. The lowest BCUT2D eigenvalue weighted by Gasteiger charge is -2.06. The summed E-state index contributed by atoms with van der Waals surface area (Å²) in [5, 5.41) is 12.2. The van der Waals surface area contributed by atoms with Crippen LogP contribution in [0.4, 0.5) is 0 Å². The number of hydrogen-bond donors (Lipinski definition) is 1. The molecule has 0 aliphatic carbocycles. The van der Waals surface area contributed by atoms with Crippen LogP contribution in [0, 0.1) is 0 Å².